The number of carboxylic acid groups (broad SMARTS) is 1. The Morgan fingerprint density at radius 1 is 1.09 bits per heavy atom. The lowest BCUT2D eigenvalue weighted by Gasteiger charge is -2.36. The molecule has 3 aromatic rings. The molecule has 5 rings (SSSR count). The fraction of sp³-hybridized carbons (Fsp3) is 0.543. The summed E-state index contributed by atoms with van der Waals surface area (Å²) in [5, 5.41) is 11.1. The van der Waals surface area contributed by atoms with Gasteiger partial charge in [-0.15, -0.1) is 11.3 Å². The summed E-state index contributed by atoms with van der Waals surface area (Å²) in [5.41, 5.74) is 3.91. The number of benzene rings is 2. The van der Waals surface area contributed by atoms with Crippen LogP contribution in [0.4, 0.5) is 8.78 Å². The summed E-state index contributed by atoms with van der Waals surface area (Å²) >= 11 is 1.70. The highest BCUT2D eigenvalue weighted by Crippen LogP contribution is 2.40. The van der Waals surface area contributed by atoms with E-state index in [1.807, 2.05) is 20.8 Å². The van der Waals surface area contributed by atoms with Crippen molar-refractivity contribution in [3.63, 3.8) is 0 Å². The van der Waals surface area contributed by atoms with Gasteiger partial charge in [0.05, 0.1) is 10.7 Å². The maximum Gasteiger partial charge on any atom is 0.321 e. The standard InChI is InChI=1S/C35H45F2N3O2S/c1-6-30-32(43-31(38-30)17-23-15-27(36)18-28(37)16-23)24-10-12-39(13-11-24)19-26-20-40(33(34(41)42)35(3,4)5)21-29(26)25-9-7-8-22(2)14-25/h7-9,14-16,18,24,26,29,33H,6,10-13,17,19-21H2,1-5H3,(H,41,42). The second-order valence-corrected chi connectivity index (χ2v) is 14.8. The van der Waals surface area contributed by atoms with Gasteiger partial charge < -0.3 is 10.0 Å². The number of aliphatic carboxylic acids is 1. The van der Waals surface area contributed by atoms with Crippen LogP contribution in [0.25, 0.3) is 0 Å². The first kappa shape index (κ1) is 31.7. The third kappa shape index (κ3) is 7.52. The van der Waals surface area contributed by atoms with Gasteiger partial charge in [0.2, 0.25) is 0 Å². The minimum absolute atomic E-state index is 0.297. The number of likely N-dealkylation sites (tertiary alicyclic amines) is 2. The number of piperidine rings is 1. The Hall–Kier alpha value is -2.68. The second kappa shape index (κ2) is 13.1. The lowest BCUT2D eigenvalue weighted by atomic mass is 9.85. The molecule has 2 aromatic carbocycles. The molecular formula is C35H45F2N3O2S. The van der Waals surface area contributed by atoms with Gasteiger partial charge in [-0.1, -0.05) is 57.5 Å². The smallest absolute Gasteiger partial charge is 0.321 e. The Labute approximate surface area is 258 Å². The van der Waals surface area contributed by atoms with Crippen LogP contribution in [-0.4, -0.2) is 64.6 Å². The molecule has 3 atom stereocenters. The van der Waals surface area contributed by atoms with E-state index in [1.54, 1.807) is 11.3 Å². The Bertz CT molecular complexity index is 1410. The number of aryl methyl sites for hydroxylation is 2. The number of halogens is 2. The van der Waals surface area contributed by atoms with E-state index in [9.17, 15) is 18.7 Å². The van der Waals surface area contributed by atoms with Gasteiger partial charge >= 0.3 is 5.97 Å². The predicted molar refractivity (Wildman–Crippen MR) is 169 cm³/mol. The molecule has 8 heteroatoms. The minimum atomic E-state index is -0.741. The Morgan fingerprint density at radius 3 is 2.40 bits per heavy atom. The third-order valence-corrected chi connectivity index (χ3v) is 10.5. The molecule has 3 unspecified atom stereocenters. The van der Waals surface area contributed by atoms with E-state index in [-0.39, 0.29) is 5.41 Å². The zero-order valence-corrected chi connectivity index (χ0v) is 26.9. The first-order valence-electron chi connectivity index (χ1n) is 15.6. The maximum atomic E-state index is 13.8. The van der Waals surface area contributed by atoms with Crippen LogP contribution in [0.2, 0.25) is 0 Å². The Morgan fingerprint density at radius 2 is 1.79 bits per heavy atom. The summed E-state index contributed by atoms with van der Waals surface area (Å²) in [6, 6.07) is 11.9. The molecule has 2 aliphatic heterocycles. The van der Waals surface area contributed by atoms with Crippen LogP contribution in [0.3, 0.4) is 0 Å². The molecule has 43 heavy (non-hydrogen) atoms. The first-order valence-corrected chi connectivity index (χ1v) is 16.4. The predicted octanol–water partition coefficient (Wildman–Crippen LogP) is 7.28. The second-order valence-electron chi connectivity index (χ2n) is 13.6. The lowest BCUT2D eigenvalue weighted by molar-refractivity contribution is -0.147. The molecule has 232 valence electrons. The molecule has 2 fully saturated rings. The van der Waals surface area contributed by atoms with Gasteiger partial charge in [0.15, 0.2) is 0 Å². The molecule has 1 N–H and O–H groups in total. The number of hydrogen-bond donors (Lipinski definition) is 1. The van der Waals surface area contributed by atoms with Crippen LogP contribution in [-0.2, 0) is 17.6 Å². The zero-order valence-electron chi connectivity index (χ0n) is 26.1. The van der Waals surface area contributed by atoms with Gasteiger partial charge in [-0.25, -0.2) is 13.8 Å². The first-order chi connectivity index (χ1) is 20.4. The number of aromatic nitrogens is 1. The number of nitrogens with zero attached hydrogens (tertiary/aromatic N) is 3. The van der Waals surface area contributed by atoms with Gasteiger partial charge in [0.1, 0.15) is 17.7 Å². The summed E-state index contributed by atoms with van der Waals surface area (Å²) < 4.78 is 27.5. The topological polar surface area (TPSA) is 56.7 Å². The van der Waals surface area contributed by atoms with Gasteiger partial charge in [-0.3, -0.25) is 9.69 Å². The molecule has 0 saturated carbocycles. The molecule has 3 heterocycles. The van der Waals surface area contributed by atoms with Crippen LogP contribution in [0.1, 0.15) is 84.6 Å². The van der Waals surface area contributed by atoms with Gasteiger partial charge in [0.25, 0.3) is 0 Å². The summed E-state index contributed by atoms with van der Waals surface area (Å²) in [6.45, 7) is 14.8. The number of carbonyl (C=O) groups is 1. The van der Waals surface area contributed by atoms with E-state index in [1.165, 1.54) is 28.1 Å². The monoisotopic (exact) mass is 609 g/mol. The van der Waals surface area contributed by atoms with E-state index in [4.69, 9.17) is 4.98 Å². The lowest BCUT2D eigenvalue weighted by Crippen LogP contribution is -2.48. The van der Waals surface area contributed by atoms with Crippen LogP contribution in [0.15, 0.2) is 42.5 Å². The maximum absolute atomic E-state index is 13.8. The van der Waals surface area contributed by atoms with Gasteiger partial charge in [-0.05, 0) is 79.8 Å². The van der Waals surface area contributed by atoms with Crippen LogP contribution in [0.5, 0.6) is 0 Å². The Kier molecular flexibility index (Phi) is 9.69. The van der Waals surface area contributed by atoms with Crippen molar-refractivity contribution in [2.45, 2.75) is 78.2 Å². The Balaban J connectivity index is 1.27. The van der Waals surface area contributed by atoms with E-state index in [0.717, 1.165) is 68.8 Å². The summed E-state index contributed by atoms with van der Waals surface area (Å²) in [6.07, 6.45) is 3.39. The molecule has 2 saturated heterocycles. The fourth-order valence-electron chi connectivity index (χ4n) is 7.31. The quantitative estimate of drug-likeness (QED) is 0.276. The summed E-state index contributed by atoms with van der Waals surface area (Å²) in [5.74, 6) is -0.758. The van der Waals surface area contributed by atoms with Crippen molar-refractivity contribution in [3.8, 4) is 0 Å². The summed E-state index contributed by atoms with van der Waals surface area (Å²) in [7, 11) is 0. The van der Waals surface area contributed by atoms with Crippen molar-refractivity contribution in [2.24, 2.45) is 11.3 Å². The molecule has 1 aromatic heterocycles. The van der Waals surface area contributed by atoms with Crippen molar-refractivity contribution in [2.75, 3.05) is 32.7 Å². The van der Waals surface area contributed by atoms with Crippen molar-refractivity contribution >= 4 is 17.3 Å². The average molecular weight is 610 g/mol. The van der Waals surface area contributed by atoms with E-state index in [0.29, 0.717) is 29.7 Å². The molecule has 5 nitrogen and oxygen atoms in total. The number of carboxylic acids is 1. The van der Waals surface area contributed by atoms with Crippen molar-refractivity contribution in [3.05, 3.63) is 86.4 Å². The van der Waals surface area contributed by atoms with Gasteiger partial charge in [-0.2, -0.15) is 0 Å². The molecule has 0 aliphatic carbocycles. The normalized spacial score (nSPS) is 21.4. The highest BCUT2D eigenvalue weighted by molar-refractivity contribution is 7.11. The van der Waals surface area contributed by atoms with Crippen molar-refractivity contribution in [1.82, 2.24) is 14.8 Å². The van der Waals surface area contributed by atoms with Crippen molar-refractivity contribution in [1.29, 1.82) is 0 Å². The van der Waals surface area contributed by atoms with Crippen molar-refractivity contribution < 1.29 is 18.7 Å². The average Bonchev–Trinajstić information content (AvgIpc) is 3.51. The van der Waals surface area contributed by atoms with Crippen LogP contribution in [0, 0.1) is 29.9 Å². The molecule has 0 spiro atoms. The number of thiazole rings is 1. The number of hydrogen-bond acceptors (Lipinski definition) is 5. The molecule has 2 aliphatic rings. The van der Waals surface area contributed by atoms with Gasteiger partial charge in [0, 0.05) is 42.9 Å². The van der Waals surface area contributed by atoms with Crippen LogP contribution < -0.4 is 0 Å². The third-order valence-electron chi connectivity index (χ3n) is 9.19. The highest BCUT2D eigenvalue weighted by Gasteiger charge is 2.44. The molecule has 0 bridgehead atoms. The molecule has 0 radical (unpaired) electrons. The highest BCUT2D eigenvalue weighted by atomic mass is 32.1. The van der Waals surface area contributed by atoms with Crippen LogP contribution >= 0.6 is 11.3 Å². The number of rotatable bonds is 9. The van der Waals surface area contributed by atoms with E-state index in [2.05, 4.69) is 47.9 Å². The minimum Gasteiger partial charge on any atom is -0.480 e. The molecule has 0 amide bonds. The zero-order chi connectivity index (χ0) is 30.9. The van der Waals surface area contributed by atoms with E-state index < -0.39 is 23.6 Å². The largest absolute Gasteiger partial charge is 0.480 e. The SMILES string of the molecule is CCc1nc(Cc2cc(F)cc(F)c2)sc1C1CCN(CC2CN(C(C(=O)O)C(C)(C)C)CC2c2cccc(C)c2)CC1. The molecular weight excluding hydrogens is 564 g/mol. The fourth-order valence-corrected chi connectivity index (χ4v) is 8.67. The van der Waals surface area contributed by atoms with E-state index >= 15 is 0 Å². The summed E-state index contributed by atoms with van der Waals surface area (Å²) in [4.78, 5) is 23.4.